The van der Waals surface area contributed by atoms with Crippen LogP contribution >= 0.6 is 23.2 Å². The van der Waals surface area contributed by atoms with Crippen molar-refractivity contribution >= 4 is 34.1 Å². The molecule has 0 aliphatic carbocycles. The van der Waals surface area contributed by atoms with E-state index < -0.39 is 16.7 Å². The molecule has 0 amide bonds. The molecule has 72 valence electrons. The lowest BCUT2D eigenvalue weighted by Gasteiger charge is -2.02. The van der Waals surface area contributed by atoms with Gasteiger partial charge in [0.2, 0.25) is 0 Å². The van der Waals surface area contributed by atoms with Crippen molar-refractivity contribution in [3.05, 3.63) is 40.0 Å². The number of halogens is 4. The zero-order chi connectivity index (χ0) is 10.3. The van der Waals surface area contributed by atoms with E-state index in [2.05, 4.69) is 4.98 Å². The Kier molecular flexibility index (Phi) is 2.29. The molecule has 0 radical (unpaired) electrons. The predicted molar refractivity (Wildman–Crippen MR) is 51.7 cm³/mol. The second-order valence-corrected chi connectivity index (χ2v) is 3.45. The van der Waals surface area contributed by atoms with E-state index in [1.807, 2.05) is 0 Å². The van der Waals surface area contributed by atoms with Gasteiger partial charge in [-0.15, -0.1) is 0 Å². The number of nitrogens with zero attached hydrogens (tertiary/aromatic N) is 1. The summed E-state index contributed by atoms with van der Waals surface area (Å²) >= 11 is 11.0. The monoisotopic (exact) mass is 233 g/mol. The normalized spacial score (nSPS) is 10.9. The molecule has 0 saturated heterocycles. The van der Waals surface area contributed by atoms with Crippen molar-refractivity contribution < 1.29 is 8.78 Å². The quantitative estimate of drug-likeness (QED) is 0.498. The van der Waals surface area contributed by atoms with Gasteiger partial charge < -0.3 is 0 Å². The number of aromatic nitrogens is 1. The van der Waals surface area contributed by atoms with Gasteiger partial charge in [0.05, 0.1) is 5.52 Å². The van der Waals surface area contributed by atoms with E-state index >= 15 is 0 Å². The fourth-order valence-corrected chi connectivity index (χ4v) is 1.46. The fourth-order valence-electron chi connectivity index (χ4n) is 1.15. The lowest BCUT2D eigenvalue weighted by Crippen LogP contribution is -1.89. The zero-order valence-corrected chi connectivity index (χ0v) is 8.20. The average molecular weight is 234 g/mol. The molecule has 0 aliphatic rings. The second kappa shape index (κ2) is 3.33. The largest absolute Gasteiger partial charge is 0.236 e. The number of fused-ring (bicyclic) bond motifs is 1. The molecule has 5 heteroatoms. The van der Waals surface area contributed by atoms with E-state index in [4.69, 9.17) is 23.2 Å². The van der Waals surface area contributed by atoms with Crippen molar-refractivity contribution in [1.82, 2.24) is 4.98 Å². The number of rotatable bonds is 0. The Morgan fingerprint density at radius 2 is 1.86 bits per heavy atom. The van der Waals surface area contributed by atoms with Crippen molar-refractivity contribution in [3.8, 4) is 0 Å². The minimum atomic E-state index is -0.841. The molecular weight excluding hydrogens is 231 g/mol. The summed E-state index contributed by atoms with van der Waals surface area (Å²) in [4.78, 5) is 3.77. The molecule has 1 aromatic carbocycles. The lowest BCUT2D eigenvalue weighted by molar-refractivity contribution is 0.592. The average Bonchev–Trinajstić information content (AvgIpc) is 2.14. The molecule has 0 spiro atoms. The van der Waals surface area contributed by atoms with Gasteiger partial charge in [-0.3, -0.25) is 0 Å². The van der Waals surface area contributed by atoms with E-state index in [1.165, 1.54) is 12.1 Å². The van der Waals surface area contributed by atoms with Gasteiger partial charge in [0, 0.05) is 11.5 Å². The number of hydrogen-bond donors (Lipinski definition) is 0. The van der Waals surface area contributed by atoms with Gasteiger partial charge in [0.25, 0.3) is 0 Å². The molecule has 0 unspecified atom stereocenters. The summed E-state index contributed by atoms with van der Waals surface area (Å²) in [6.45, 7) is 0. The van der Waals surface area contributed by atoms with Crippen molar-refractivity contribution in [2.24, 2.45) is 0 Å². The van der Waals surface area contributed by atoms with Gasteiger partial charge in [-0.05, 0) is 12.1 Å². The van der Waals surface area contributed by atoms with E-state index in [0.717, 1.165) is 6.07 Å². The minimum absolute atomic E-state index is 0.150. The highest BCUT2D eigenvalue weighted by Gasteiger charge is 2.12. The van der Waals surface area contributed by atoms with Gasteiger partial charge in [-0.1, -0.05) is 23.2 Å². The molecule has 0 saturated carbocycles. The standard InChI is InChI=1S/C9H3Cl2F2N/c10-7-2-1-4-6(14-7)3-5(12)8(11)9(4)13/h1-3H. The van der Waals surface area contributed by atoms with Crippen LogP contribution in [0.15, 0.2) is 18.2 Å². The molecule has 2 rings (SSSR count). The molecule has 0 fully saturated rings. The molecular formula is C9H3Cl2F2N. The minimum Gasteiger partial charge on any atom is -0.236 e. The summed E-state index contributed by atoms with van der Waals surface area (Å²) in [5.41, 5.74) is 0.150. The third kappa shape index (κ3) is 1.42. The summed E-state index contributed by atoms with van der Waals surface area (Å²) in [5, 5.41) is -0.193. The Balaban J connectivity index is 2.91. The molecule has 2 aromatic rings. The van der Waals surface area contributed by atoms with E-state index in [9.17, 15) is 8.78 Å². The van der Waals surface area contributed by atoms with Gasteiger partial charge in [-0.25, -0.2) is 13.8 Å². The van der Waals surface area contributed by atoms with E-state index in [0.29, 0.717) is 0 Å². The Bertz CT molecular complexity index is 514. The van der Waals surface area contributed by atoms with Gasteiger partial charge in [-0.2, -0.15) is 0 Å². The van der Waals surface area contributed by atoms with Gasteiger partial charge in [0.15, 0.2) is 5.82 Å². The van der Waals surface area contributed by atoms with Crippen molar-refractivity contribution in [3.63, 3.8) is 0 Å². The van der Waals surface area contributed by atoms with Crippen molar-refractivity contribution in [2.75, 3.05) is 0 Å². The first kappa shape index (κ1) is 9.62. The summed E-state index contributed by atoms with van der Waals surface area (Å²) < 4.78 is 26.3. The van der Waals surface area contributed by atoms with Gasteiger partial charge >= 0.3 is 0 Å². The highest BCUT2D eigenvalue weighted by atomic mass is 35.5. The number of benzene rings is 1. The third-order valence-corrected chi connectivity index (χ3v) is 2.35. The summed E-state index contributed by atoms with van der Waals surface area (Å²) in [7, 11) is 0. The van der Waals surface area contributed by atoms with Crippen molar-refractivity contribution in [1.29, 1.82) is 0 Å². The number of pyridine rings is 1. The van der Waals surface area contributed by atoms with Crippen LogP contribution in [0.1, 0.15) is 0 Å². The smallest absolute Gasteiger partial charge is 0.154 e. The van der Waals surface area contributed by atoms with Crippen LogP contribution in [0.2, 0.25) is 10.2 Å². The van der Waals surface area contributed by atoms with Crippen LogP contribution in [0.25, 0.3) is 10.9 Å². The maximum atomic E-state index is 13.3. The third-order valence-electron chi connectivity index (χ3n) is 1.79. The van der Waals surface area contributed by atoms with Gasteiger partial charge in [0.1, 0.15) is 16.0 Å². The lowest BCUT2D eigenvalue weighted by atomic mass is 10.2. The molecule has 1 nitrogen and oxygen atoms in total. The zero-order valence-electron chi connectivity index (χ0n) is 6.69. The van der Waals surface area contributed by atoms with E-state index in [1.54, 1.807) is 0 Å². The molecule has 1 aromatic heterocycles. The Morgan fingerprint density at radius 1 is 1.14 bits per heavy atom. The summed E-state index contributed by atoms with van der Waals surface area (Å²) in [5.74, 6) is -1.66. The van der Waals surface area contributed by atoms with Crippen LogP contribution in [-0.2, 0) is 0 Å². The maximum absolute atomic E-state index is 13.3. The molecule has 0 N–H and O–H groups in total. The first-order valence-corrected chi connectivity index (χ1v) is 4.45. The van der Waals surface area contributed by atoms with Crippen LogP contribution in [0, 0.1) is 11.6 Å². The highest BCUT2D eigenvalue weighted by Crippen LogP contribution is 2.27. The Hall–Kier alpha value is -0.930. The summed E-state index contributed by atoms with van der Waals surface area (Å²) in [6, 6.07) is 3.87. The Labute approximate surface area is 88.3 Å². The predicted octanol–water partition coefficient (Wildman–Crippen LogP) is 3.82. The first-order valence-electron chi connectivity index (χ1n) is 3.69. The first-order chi connectivity index (χ1) is 6.59. The molecule has 14 heavy (non-hydrogen) atoms. The molecule has 1 heterocycles. The second-order valence-electron chi connectivity index (χ2n) is 2.69. The van der Waals surface area contributed by atoms with Crippen LogP contribution in [0.4, 0.5) is 8.78 Å². The topological polar surface area (TPSA) is 12.9 Å². The van der Waals surface area contributed by atoms with Crippen LogP contribution in [0.3, 0.4) is 0 Å². The maximum Gasteiger partial charge on any atom is 0.154 e. The van der Waals surface area contributed by atoms with Crippen LogP contribution in [0.5, 0.6) is 0 Å². The molecule has 0 bridgehead atoms. The van der Waals surface area contributed by atoms with Crippen LogP contribution in [-0.4, -0.2) is 4.98 Å². The molecule has 0 atom stereocenters. The van der Waals surface area contributed by atoms with E-state index in [-0.39, 0.29) is 16.1 Å². The highest BCUT2D eigenvalue weighted by molar-refractivity contribution is 6.32. The SMILES string of the molecule is Fc1cc2nc(Cl)ccc2c(F)c1Cl. The summed E-state index contributed by atoms with van der Waals surface area (Å²) in [6.07, 6.45) is 0. The van der Waals surface area contributed by atoms with Crippen LogP contribution < -0.4 is 0 Å². The number of hydrogen-bond acceptors (Lipinski definition) is 1. The fraction of sp³-hybridized carbons (Fsp3) is 0. The van der Waals surface area contributed by atoms with Crippen molar-refractivity contribution in [2.45, 2.75) is 0 Å². The molecule has 0 aliphatic heterocycles. The Morgan fingerprint density at radius 3 is 2.57 bits per heavy atom.